The van der Waals surface area contributed by atoms with E-state index < -0.39 is 12.0 Å². The molecule has 6 nitrogen and oxygen atoms in total. The van der Waals surface area contributed by atoms with E-state index in [1.807, 2.05) is 0 Å². The van der Waals surface area contributed by atoms with Crippen molar-refractivity contribution in [2.24, 2.45) is 0 Å². The molecule has 1 aromatic rings. The first-order valence-corrected chi connectivity index (χ1v) is 6.16. The Hall–Kier alpha value is -2.24. The number of nitrogens with one attached hydrogen (secondary N) is 2. The van der Waals surface area contributed by atoms with Gasteiger partial charge < -0.3 is 9.15 Å². The highest BCUT2D eigenvalue weighted by atomic mass is 16.6. The van der Waals surface area contributed by atoms with Crippen LogP contribution in [0.1, 0.15) is 31.9 Å². The van der Waals surface area contributed by atoms with Crippen LogP contribution < -0.4 is 10.9 Å². The van der Waals surface area contributed by atoms with Gasteiger partial charge in [0.25, 0.3) is 5.91 Å². The van der Waals surface area contributed by atoms with Crippen molar-refractivity contribution in [3.63, 3.8) is 0 Å². The van der Waals surface area contributed by atoms with Crippen molar-refractivity contribution in [3.8, 4) is 0 Å². The largest absolute Gasteiger partial charge is 0.465 e. The van der Waals surface area contributed by atoms with Crippen LogP contribution >= 0.6 is 0 Å². The van der Waals surface area contributed by atoms with Gasteiger partial charge in [-0.2, -0.15) is 0 Å². The van der Waals surface area contributed by atoms with Crippen LogP contribution in [0.5, 0.6) is 0 Å². The van der Waals surface area contributed by atoms with E-state index in [0.29, 0.717) is 12.4 Å². The van der Waals surface area contributed by atoms with Crippen LogP contribution in [0.15, 0.2) is 28.9 Å². The molecule has 0 aromatic carbocycles. The van der Waals surface area contributed by atoms with Gasteiger partial charge in [-0.15, -0.1) is 0 Å². The van der Waals surface area contributed by atoms with Crippen LogP contribution in [-0.4, -0.2) is 18.6 Å². The Kier molecular flexibility index (Phi) is 6.86. The van der Waals surface area contributed by atoms with Crippen molar-refractivity contribution < 1.29 is 18.7 Å². The molecule has 0 bridgehead atoms. The molecular formula is C13H18N2O4. The van der Waals surface area contributed by atoms with E-state index >= 15 is 0 Å². The minimum atomic E-state index is -0.671. The fraction of sp³-hybridized carbons (Fsp3) is 0.385. The third kappa shape index (κ3) is 6.92. The summed E-state index contributed by atoms with van der Waals surface area (Å²) in [5.74, 6) is 0.0826. The monoisotopic (exact) mass is 266 g/mol. The molecule has 0 radical (unpaired) electrons. The van der Waals surface area contributed by atoms with Crippen molar-refractivity contribution in [2.45, 2.75) is 26.2 Å². The van der Waals surface area contributed by atoms with Crippen LogP contribution in [0.4, 0.5) is 4.79 Å². The van der Waals surface area contributed by atoms with Gasteiger partial charge in [0.1, 0.15) is 5.76 Å². The van der Waals surface area contributed by atoms with Crippen LogP contribution in [0.3, 0.4) is 0 Å². The summed E-state index contributed by atoms with van der Waals surface area (Å²) in [6, 6.07) is 3.42. The average Bonchev–Trinajstić information content (AvgIpc) is 2.92. The molecule has 0 unspecified atom stereocenters. The second-order valence-electron chi connectivity index (χ2n) is 3.81. The first-order valence-electron chi connectivity index (χ1n) is 6.16. The van der Waals surface area contributed by atoms with Crippen molar-refractivity contribution in [1.29, 1.82) is 0 Å². The zero-order chi connectivity index (χ0) is 13.9. The van der Waals surface area contributed by atoms with Gasteiger partial charge in [0.05, 0.1) is 12.9 Å². The maximum Gasteiger partial charge on any atom is 0.426 e. The predicted octanol–water partition coefficient (Wildman–Crippen LogP) is 2.24. The Labute approximate surface area is 111 Å². The molecule has 2 amide bonds. The molecule has 0 aliphatic heterocycles. The first-order chi connectivity index (χ1) is 9.22. The number of hydrogen-bond donors (Lipinski definition) is 2. The number of carbonyl (C=O) groups is 2. The summed E-state index contributed by atoms with van der Waals surface area (Å²) >= 11 is 0. The maximum absolute atomic E-state index is 11.3. The minimum Gasteiger partial charge on any atom is -0.465 e. The standard InChI is InChI=1S/C13H18N2O4/c1-2-3-4-9-19-13(17)15-14-12(16)8-7-11-6-5-10-18-11/h5-8,10H,2-4,9H2,1H3,(H,14,16)(H,15,17). The van der Waals surface area contributed by atoms with Gasteiger partial charge in [0.15, 0.2) is 0 Å². The number of furan rings is 1. The Morgan fingerprint density at radius 3 is 2.89 bits per heavy atom. The second kappa shape index (κ2) is 8.79. The smallest absolute Gasteiger partial charge is 0.426 e. The molecule has 0 aliphatic carbocycles. The lowest BCUT2D eigenvalue weighted by atomic mass is 10.3. The van der Waals surface area contributed by atoms with Crippen LogP contribution in [-0.2, 0) is 9.53 Å². The SMILES string of the molecule is CCCCCOC(=O)NNC(=O)C=Cc1ccco1. The lowest BCUT2D eigenvalue weighted by molar-refractivity contribution is -0.117. The Bertz CT molecular complexity index is 412. The van der Waals surface area contributed by atoms with E-state index in [0.717, 1.165) is 19.3 Å². The van der Waals surface area contributed by atoms with E-state index in [1.54, 1.807) is 12.1 Å². The predicted molar refractivity (Wildman–Crippen MR) is 69.9 cm³/mol. The Morgan fingerprint density at radius 2 is 2.21 bits per heavy atom. The minimum absolute atomic E-state index is 0.345. The molecule has 1 aromatic heterocycles. The number of carbonyl (C=O) groups excluding carboxylic acids is 2. The first kappa shape index (κ1) is 14.8. The lowest BCUT2D eigenvalue weighted by Gasteiger charge is -2.06. The van der Waals surface area contributed by atoms with Crippen LogP contribution in [0.25, 0.3) is 6.08 Å². The number of hydrazine groups is 1. The summed E-state index contributed by atoms with van der Waals surface area (Å²) in [5, 5.41) is 0. The molecule has 0 aliphatic rings. The maximum atomic E-state index is 11.3. The summed E-state index contributed by atoms with van der Waals surface area (Å²) in [5.41, 5.74) is 4.34. The second-order valence-corrected chi connectivity index (χ2v) is 3.81. The Morgan fingerprint density at radius 1 is 1.37 bits per heavy atom. The highest BCUT2D eigenvalue weighted by Gasteiger charge is 2.02. The topological polar surface area (TPSA) is 80.6 Å². The summed E-state index contributed by atoms with van der Waals surface area (Å²) in [6.45, 7) is 2.41. The molecule has 1 heterocycles. The average molecular weight is 266 g/mol. The highest BCUT2D eigenvalue weighted by Crippen LogP contribution is 2.01. The molecule has 2 N–H and O–H groups in total. The summed E-state index contributed by atoms with van der Waals surface area (Å²) in [7, 11) is 0. The molecule has 6 heteroatoms. The van der Waals surface area contributed by atoms with Gasteiger partial charge in [-0.25, -0.2) is 10.2 Å². The van der Waals surface area contributed by atoms with Gasteiger partial charge in [0, 0.05) is 6.08 Å². The van der Waals surface area contributed by atoms with Gasteiger partial charge in [0.2, 0.25) is 0 Å². The van der Waals surface area contributed by atoms with Crippen molar-refractivity contribution in [2.75, 3.05) is 6.61 Å². The van der Waals surface area contributed by atoms with Crippen molar-refractivity contribution in [3.05, 3.63) is 30.2 Å². The van der Waals surface area contributed by atoms with Crippen LogP contribution in [0.2, 0.25) is 0 Å². The van der Waals surface area contributed by atoms with E-state index in [1.165, 1.54) is 18.4 Å². The highest BCUT2D eigenvalue weighted by molar-refractivity contribution is 5.92. The van der Waals surface area contributed by atoms with Crippen LogP contribution in [0, 0.1) is 0 Å². The third-order valence-electron chi connectivity index (χ3n) is 2.21. The molecule has 104 valence electrons. The normalized spacial score (nSPS) is 10.4. The van der Waals surface area contributed by atoms with Gasteiger partial charge in [-0.1, -0.05) is 19.8 Å². The fourth-order valence-corrected chi connectivity index (χ4v) is 1.25. The molecule has 0 saturated carbocycles. The van der Waals surface area contributed by atoms with E-state index in [-0.39, 0.29) is 0 Å². The number of amides is 2. The van der Waals surface area contributed by atoms with E-state index in [4.69, 9.17) is 9.15 Å². The number of rotatable bonds is 6. The van der Waals surface area contributed by atoms with E-state index in [9.17, 15) is 9.59 Å². The number of ether oxygens (including phenoxy) is 1. The molecule has 19 heavy (non-hydrogen) atoms. The van der Waals surface area contributed by atoms with Crippen molar-refractivity contribution >= 4 is 18.1 Å². The molecule has 1 rings (SSSR count). The van der Waals surface area contributed by atoms with Gasteiger partial charge >= 0.3 is 6.09 Å². The molecular weight excluding hydrogens is 248 g/mol. The zero-order valence-corrected chi connectivity index (χ0v) is 10.8. The number of unbranched alkanes of at least 4 members (excludes halogenated alkanes) is 2. The number of hydrogen-bond acceptors (Lipinski definition) is 4. The van der Waals surface area contributed by atoms with E-state index in [2.05, 4.69) is 17.8 Å². The third-order valence-corrected chi connectivity index (χ3v) is 2.21. The Balaban J connectivity index is 2.14. The van der Waals surface area contributed by atoms with Gasteiger partial charge in [-0.3, -0.25) is 10.2 Å². The summed E-state index contributed by atoms with van der Waals surface area (Å²) in [4.78, 5) is 22.5. The molecule has 0 atom stereocenters. The molecule has 0 fully saturated rings. The summed E-state index contributed by atoms with van der Waals surface area (Å²) < 4.78 is 9.84. The molecule has 0 saturated heterocycles. The zero-order valence-electron chi connectivity index (χ0n) is 10.8. The fourth-order valence-electron chi connectivity index (χ4n) is 1.25. The summed E-state index contributed by atoms with van der Waals surface area (Å²) in [6.07, 6.45) is 6.44. The van der Waals surface area contributed by atoms with Crippen molar-refractivity contribution in [1.82, 2.24) is 10.9 Å². The quantitative estimate of drug-likeness (QED) is 0.470. The molecule has 0 spiro atoms. The lowest BCUT2D eigenvalue weighted by Crippen LogP contribution is -2.41. The van der Waals surface area contributed by atoms with Gasteiger partial charge in [-0.05, 0) is 24.6 Å².